The fourth-order valence-electron chi connectivity index (χ4n) is 3.48. The number of rotatable bonds is 3. The summed E-state index contributed by atoms with van der Waals surface area (Å²) in [6, 6.07) is 2.93. The van der Waals surface area contributed by atoms with E-state index in [-0.39, 0.29) is 0 Å². The highest BCUT2D eigenvalue weighted by Crippen LogP contribution is 2.26. The maximum atomic E-state index is 5.86. The van der Waals surface area contributed by atoms with Gasteiger partial charge in [0, 0.05) is 55.0 Å². The van der Waals surface area contributed by atoms with Gasteiger partial charge in [0.1, 0.15) is 5.82 Å². The van der Waals surface area contributed by atoms with Gasteiger partial charge in [-0.3, -0.25) is 4.90 Å². The van der Waals surface area contributed by atoms with Crippen molar-refractivity contribution in [2.75, 3.05) is 31.1 Å². The van der Waals surface area contributed by atoms with Crippen molar-refractivity contribution in [2.45, 2.75) is 38.3 Å². The van der Waals surface area contributed by atoms with Gasteiger partial charge in [-0.15, -0.1) is 0 Å². The zero-order valence-electron chi connectivity index (χ0n) is 11.9. The lowest BCUT2D eigenvalue weighted by atomic mass is 10.1. The first-order valence-electron chi connectivity index (χ1n) is 7.61. The molecule has 4 nitrogen and oxygen atoms in total. The van der Waals surface area contributed by atoms with E-state index in [1.165, 1.54) is 25.7 Å². The molecule has 0 radical (unpaired) electrons. The molecule has 0 amide bonds. The lowest BCUT2D eigenvalue weighted by Crippen LogP contribution is -2.50. The third-order valence-electron chi connectivity index (χ3n) is 4.58. The Morgan fingerprint density at radius 2 is 1.90 bits per heavy atom. The van der Waals surface area contributed by atoms with Crippen molar-refractivity contribution < 1.29 is 0 Å². The molecular weight excluding hydrogens is 316 g/mol. The number of piperazine rings is 1. The molecule has 1 aliphatic carbocycles. The highest BCUT2D eigenvalue weighted by atomic mass is 79.9. The molecule has 1 aromatic heterocycles. The third-order valence-corrected chi connectivity index (χ3v) is 5.02. The fraction of sp³-hybridized carbons (Fsp3) is 0.667. The van der Waals surface area contributed by atoms with Crippen LogP contribution in [-0.4, -0.2) is 42.1 Å². The zero-order chi connectivity index (χ0) is 13.9. The number of nitrogens with zero attached hydrogens (tertiary/aromatic N) is 3. The number of anilines is 1. The van der Waals surface area contributed by atoms with Gasteiger partial charge in [0.15, 0.2) is 0 Å². The van der Waals surface area contributed by atoms with E-state index in [0.717, 1.165) is 48.1 Å². The van der Waals surface area contributed by atoms with Crippen LogP contribution in [0.3, 0.4) is 0 Å². The molecule has 0 atom stereocenters. The van der Waals surface area contributed by atoms with Crippen molar-refractivity contribution in [1.29, 1.82) is 0 Å². The summed E-state index contributed by atoms with van der Waals surface area (Å²) in [6.07, 6.45) is 7.49. The lowest BCUT2D eigenvalue weighted by Gasteiger charge is -2.39. The second kappa shape index (κ2) is 6.41. The lowest BCUT2D eigenvalue weighted by molar-refractivity contribution is 0.187. The average molecular weight is 339 g/mol. The Morgan fingerprint density at radius 1 is 1.20 bits per heavy atom. The van der Waals surface area contributed by atoms with E-state index in [2.05, 4.69) is 36.8 Å². The standard InChI is InChI=1S/C15H23BrN4/c16-13-9-12(10-17)15(18-11-13)20-7-5-19(6-8-20)14-3-1-2-4-14/h9,11,14H,1-8,10,17H2. The molecule has 110 valence electrons. The van der Waals surface area contributed by atoms with Crippen LogP contribution < -0.4 is 10.6 Å². The van der Waals surface area contributed by atoms with E-state index >= 15 is 0 Å². The topological polar surface area (TPSA) is 45.4 Å². The Labute approximate surface area is 129 Å². The SMILES string of the molecule is NCc1cc(Br)cnc1N1CCN(C2CCCC2)CC1. The quantitative estimate of drug-likeness (QED) is 0.918. The number of pyridine rings is 1. The van der Waals surface area contributed by atoms with Crippen molar-refractivity contribution in [3.05, 3.63) is 22.3 Å². The third kappa shape index (κ3) is 3.00. The van der Waals surface area contributed by atoms with Gasteiger partial charge < -0.3 is 10.6 Å². The van der Waals surface area contributed by atoms with Crippen molar-refractivity contribution in [1.82, 2.24) is 9.88 Å². The molecular formula is C15H23BrN4. The van der Waals surface area contributed by atoms with Gasteiger partial charge in [-0.25, -0.2) is 4.98 Å². The van der Waals surface area contributed by atoms with Crippen molar-refractivity contribution in [3.8, 4) is 0 Å². The summed E-state index contributed by atoms with van der Waals surface area (Å²) in [5, 5.41) is 0. The van der Waals surface area contributed by atoms with Crippen LogP contribution in [0, 0.1) is 0 Å². The average Bonchev–Trinajstić information content (AvgIpc) is 3.01. The van der Waals surface area contributed by atoms with E-state index < -0.39 is 0 Å². The van der Waals surface area contributed by atoms with Crippen LogP contribution in [0.4, 0.5) is 5.82 Å². The van der Waals surface area contributed by atoms with Crippen LogP contribution in [0.15, 0.2) is 16.7 Å². The number of aromatic nitrogens is 1. The normalized spacial score (nSPS) is 21.6. The zero-order valence-corrected chi connectivity index (χ0v) is 13.5. The largest absolute Gasteiger partial charge is 0.354 e. The molecule has 5 heteroatoms. The second-order valence-electron chi connectivity index (χ2n) is 5.80. The summed E-state index contributed by atoms with van der Waals surface area (Å²) >= 11 is 3.47. The van der Waals surface area contributed by atoms with Gasteiger partial charge in [0.05, 0.1) is 0 Å². The molecule has 2 heterocycles. The highest BCUT2D eigenvalue weighted by Gasteiger charge is 2.27. The number of hydrogen-bond donors (Lipinski definition) is 1. The molecule has 2 fully saturated rings. The van der Waals surface area contributed by atoms with Gasteiger partial charge in [-0.1, -0.05) is 12.8 Å². The molecule has 1 saturated carbocycles. The summed E-state index contributed by atoms with van der Waals surface area (Å²) in [7, 11) is 0. The fourth-order valence-corrected chi connectivity index (χ4v) is 3.86. The van der Waals surface area contributed by atoms with Crippen molar-refractivity contribution in [2.24, 2.45) is 5.73 Å². The Balaban J connectivity index is 1.65. The predicted molar refractivity (Wildman–Crippen MR) is 85.9 cm³/mol. The van der Waals surface area contributed by atoms with Crippen LogP contribution in [0.2, 0.25) is 0 Å². The molecule has 0 unspecified atom stereocenters. The molecule has 2 aliphatic rings. The molecule has 0 bridgehead atoms. The maximum absolute atomic E-state index is 5.86. The van der Waals surface area contributed by atoms with E-state index in [1.807, 2.05) is 6.20 Å². The summed E-state index contributed by atoms with van der Waals surface area (Å²) < 4.78 is 1.01. The molecule has 3 rings (SSSR count). The monoisotopic (exact) mass is 338 g/mol. The summed E-state index contributed by atoms with van der Waals surface area (Å²) in [5.41, 5.74) is 6.99. The summed E-state index contributed by atoms with van der Waals surface area (Å²) in [6.45, 7) is 5.00. The number of hydrogen-bond acceptors (Lipinski definition) is 4. The Kier molecular flexibility index (Phi) is 4.58. The van der Waals surface area contributed by atoms with Crippen molar-refractivity contribution >= 4 is 21.7 Å². The van der Waals surface area contributed by atoms with E-state index in [4.69, 9.17) is 5.73 Å². The smallest absolute Gasteiger partial charge is 0.133 e. The van der Waals surface area contributed by atoms with Gasteiger partial charge >= 0.3 is 0 Å². The minimum atomic E-state index is 0.546. The van der Waals surface area contributed by atoms with Crippen LogP contribution >= 0.6 is 15.9 Å². The Morgan fingerprint density at radius 3 is 2.55 bits per heavy atom. The summed E-state index contributed by atoms with van der Waals surface area (Å²) in [5.74, 6) is 1.07. The first kappa shape index (κ1) is 14.3. The van der Waals surface area contributed by atoms with Crippen LogP contribution in [0.5, 0.6) is 0 Å². The van der Waals surface area contributed by atoms with Gasteiger partial charge in [0.2, 0.25) is 0 Å². The van der Waals surface area contributed by atoms with Crippen LogP contribution in [0.25, 0.3) is 0 Å². The molecule has 2 N–H and O–H groups in total. The van der Waals surface area contributed by atoms with Gasteiger partial charge in [-0.2, -0.15) is 0 Å². The summed E-state index contributed by atoms with van der Waals surface area (Å²) in [4.78, 5) is 9.64. The molecule has 1 saturated heterocycles. The highest BCUT2D eigenvalue weighted by molar-refractivity contribution is 9.10. The molecule has 1 aliphatic heterocycles. The van der Waals surface area contributed by atoms with Gasteiger partial charge in [-0.05, 0) is 34.8 Å². The Hall–Kier alpha value is -0.650. The molecule has 0 spiro atoms. The van der Waals surface area contributed by atoms with E-state index in [0.29, 0.717) is 6.54 Å². The molecule has 1 aromatic rings. The molecule has 20 heavy (non-hydrogen) atoms. The maximum Gasteiger partial charge on any atom is 0.133 e. The number of halogens is 1. The minimum Gasteiger partial charge on any atom is -0.354 e. The second-order valence-corrected chi connectivity index (χ2v) is 6.72. The van der Waals surface area contributed by atoms with Crippen molar-refractivity contribution in [3.63, 3.8) is 0 Å². The Bertz CT molecular complexity index is 451. The van der Waals surface area contributed by atoms with Crippen LogP contribution in [-0.2, 0) is 6.54 Å². The van der Waals surface area contributed by atoms with Crippen LogP contribution in [0.1, 0.15) is 31.2 Å². The first-order chi connectivity index (χ1) is 9.78. The first-order valence-corrected chi connectivity index (χ1v) is 8.40. The molecule has 0 aromatic carbocycles. The predicted octanol–water partition coefficient (Wildman–Crippen LogP) is 2.37. The minimum absolute atomic E-state index is 0.546. The van der Waals surface area contributed by atoms with Gasteiger partial charge in [0.25, 0.3) is 0 Å². The van der Waals surface area contributed by atoms with E-state index in [1.54, 1.807) is 0 Å². The van der Waals surface area contributed by atoms with E-state index in [9.17, 15) is 0 Å². The number of nitrogens with two attached hydrogens (primary N) is 1.